The third kappa shape index (κ3) is 4.08. The summed E-state index contributed by atoms with van der Waals surface area (Å²) in [6.45, 7) is 6.48. The number of hydrogen-bond acceptors (Lipinski definition) is 1. The minimum absolute atomic E-state index is 0.641. The lowest BCUT2D eigenvalue weighted by molar-refractivity contribution is 0.0387. The molecule has 2 aromatic rings. The van der Waals surface area contributed by atoms with E-state index in [2.05, 4.69) is 56.3 Å². The average molecular weight is 322 g/mol. The summed E-state index contributed by atoms with van der Waals surface area (Å²) >= 11 is 0. The van der Waals surface area contributed by atoms with Gasteiger partial charge in [-0.1, -0.05) is 56.3 Å². The zero-order valence-corrected chi connectivity index (χ0v) is 15.3. The van der Waals surface area contributed by atoms with Crippen LogP contribution in [0, 0.1) is 5.92 Å². The highest BCUT2D eigenvalue weighted by molar-refractivity contribution is 5.38. The van der Waals surface area contributed by atoms with Gasteiger partial charge in [0.1, 0.15) is 0 Å². The summed E-state index contributed by atoms with van der Waals surface area (Å²) < 4.78 is 0. The van der Waals surface area contributed by atoms with E-state index in [1.54, 1.807) is 0 Å². The smallest absolute Gasteiger partial charge is 0.0871 e. The van der Waals surface area contributed by atoms with Crippen LogP contribution in [0.1, 0.15) is 61.4 Å². The van der Waals surface area contributed by atoms with Gasteiger partial charge in [-0.15, -0.1) is 0 Å². The van der Waals surface area contributed by atoms with Gasteiger partial charge in [0, 0.05) is 0 Å². The van der Waals surface area contributed by atoms with Crippen molar-refractivity contribution < 1.29 is 5.11 Å². The first kappa shape index (κ1) is 17.2. The summed E-state index contributed by atoms with van der Waals surface area (Å²) in [6.07, 6.45) is 6.37. The van der Waals surface area contributed by atoms with Crippen LogP contribution >= 0.6 is 0 Å². The minimum atomic E-state index is -0.641. The van der Waals surface area contributed by atoms with Crippen molar-refractivity contribution >= 4 is 0 Å². The van der Waals surface area contributed by atoms with E-state index in [1.807, 2.05) is 6.92 Å². The maximum absolute atomic E-state index is 10.5. The van der Waals surface area contributed by atoms with E-state index in [4.69, 9.17) is 0 Å². The molecule has 3 rings (SSSR count). The minimum Gasteiger partial charge on any atom is -0.385 e. The van der Waals surface area contributed by atoms with Gasteiger partial charge in [-0.2, -0.15) is 0 Å². The van der Waals surface area contributed by atoms with Crippen LogP contribution < -0.4 is 0 Å². The predicted octanol–water partition coefficient (Wildman–Crippen LogP) is 5.21. The lowest BCUT2D eigenvalue weighted by Gasteiger charge is -2.31. The van der Waals surface area contributed by atoms with Crippen LogP contribution in [0.3, 0.4) is 0 Å². The van der Waals surface area contributed by atoms with Crippen molar-refractivity contribution in [3.8, 4) is 0 Å². The number of aliphatic hydroxyl groups is 1. The predicted molar refractivity (Wildman–Crippen MR) is 101 cm³/mol. The molecule has 1 N–H and O–H groups in total. The zero-order valence-electron chi connectivity index (χ0n) is 15.3. The topological polar surface area (TPSA) is 20.2 Å². The Hall–Kier alpha value is -1.60. The molecule has 0 fully saturated rings. The van der Waals surface area contributed by atoms with Gasteiger partial charge in [0.05, 0.1) is 5.60 Å². The third-order valence-corrected chi connectivity index (χ3v) is 5.23. The van der Waals surface area contributed by atoms with E-state index in [9.17, 15) is 5.11 Å². The molecule has 0 saturated carbocycles. The molecule has 0 heterocycles. The number of rotatable bonds is 5. The molecule has 0 aliphatic heterocycles. The Balaban J connectivity index is 1.65. The van der Waals surface area contributed by atoms with Gasteiger partial charge in [-0.25, -0.2) is 0 Å². The van der Waals surface area contributed by atoms with Gasteiger partial charge in [0.15, 0.2) is 0 Å². The normalized spacial score (nSPS) is 20.2. The fourth-order valence-electron chi connectivity index (χ4n) is 3.89. The lowest BCUT2D eigenvalue weighted by Crippen LogP contribution is -2.26. The monoisotopic (exact) mass is 322 g/mol. The SMILES string of the molecule is CC(C)Cc1ccc(CCc2ccc3c(c2)CCCC3(C)O)cc1. The van der Waals surface area contributed by atoms with Crippen molar-refractivity contribution in [1.82, 2.24) is 0 Å². The highest BCUT2D eigenvalue weighted by Crippen LogP contribution is 2.35. The summed E-state index contributed by atoms with van der Waals surface area (Å²) in [6, 6.07) is 15.8. The molecule has 1 nitrogen and oxygen atoms in total. The average Bonchev–Trinajstić information content (AvgIpc) is 2.53. The highest BCUT2D eigenvalue weighted by atomic mass is 16.3. The largest absolute Gasteiger partial charge is 0.385 e. The van der Waals surface area contributed by atoms with Gasteiger partial charge in [-0.3, -0.25) is 0 Å². The molecule has 1 atom stereocenters. The van der Waals surface area contributed by atoms with Crippen LogP contribution in [0.2, 0.25) is 0 Å². The molecular formula is C23H30O. The molecule has 0 saturated heterocycles. The first-order valence-electron chi connectivity index (χ1n) is 9.36. The molecule has 1 aliphatic carbocycles. The third-order valence-electron chi connectivity index (χ3n) is 5.23. The Bertz CT molecular complexity index is 680. The van der Waals surface area contributed by atoms with Crippen molar-refractivity contribution in [1.29, 1.82) is 0 Å². The summed E-state index contributed by atoms with van der Waals surface area (Å²) in [5.41, 5.74) is 6.07. The number of hydrogen-bond donors (Lipinski definition) is 1. The Morgan fingerprint density at radius 2 is 1.58 bits per heavy atom. The quantitative estimate of drug-likeness (QED) is 0.800. The van der Waals surface area contributed by atoms with Crippen molar-refractivity contribution in [2.24, 2.45) is 5.92 Å². The molecule has 1 aliphatic rings. The summed E-state index contributed by atoms with van der Waals surface area (Å²) in [5, 5.41) is 10.5. The summed E-state index contributed by atoms with van der Waals surface area (Å²) in [5.74, 6) is 0.712. The van der Waals surface area contributed by atoms with E-state index in [-0.39, 0.29) is 0 Å². The Kier molecular flexibility index (Phi) is 5.10. The summed E-state index contributed by atoms with van der Waals surface area (Å²) in [4.78, 5) is 0. The second-order valence-electron chi connectivity index (χ2n) is 8.03. The second-order valence-corrected chi connectivity index (χ2v) is 8.03. The van der Waals surface area contributed by atoms with E-state index >= 15 is 0 Å². The fourth-order valence-corrected chi connectivity index (χ4v) is 3.89. The van der Waals surface area contributed by atoms with Crippen LogP contribution in [0.15, 0.2) is 42.5 Å². The molecule has 2 aromatic carbocycles. The Morgan fingerprint density at radius 3 is 2.29 bits per heavy atom. The molecule has 0 spiro atoms. The molecule has 128 valence electrons. The molecule has 0 radical (unpaired) electrons. The Morgan fingerprint density at radius 1 is 0.958 bits per heavy atom. The standard InChI is InChI=1S/C23H30O/c1-17(2)15-19-9-6-18(7-10-19)8-11-20-12-13-22-21(16-20)5-4-14-23(22,3)24/h6-7,9-10,12-13,16-17,24H,4-5,8,11,14-15H2,1-3H3. The van der Waals surface area contributed by atoms with Crippen molar-refractivity contribution in [2.45, 2.75) is 64.9 Å². The van der Waals surface area contributed by atoms with Gasteiger partial charge in [-0.05, 0) is 79.2 Å². The first-order chi connectivity index (χ1) is 11.4. The van der Waals surface area contributed by atoms with Crippen LogP contribution in [-0.2, 0) is 31.3 Å². The van der Waals surface area contributed by atoms with Crippen molar-refractivity contribution in [3.05, 3.63) is 70.3 Å². The van der Waals surface area contributed by atoms with Crippen LogP contribution in [0.5, 0.6) is 0 Å². The molecule has 1 heteroatoms. The van der Waals surface area contributed by atoms with E-state index < -0.39 is 5.60 Å². The molecule has 0 aromatic heterocycles. The zero-order chi connectivity index (χ0) is 17.2. The number of benzene rings is 2. The maximum atomic E-state index is 10.5. The first-order valence-corrected chi connectivity index (χ1v) is 9.36. The van der Waals surface area contributed by atoms with Gasteiger partial charge in [0.25, 0.3) is 0 Å². The highest BCUT2D eigenvalue weighted by Gasteiger charge is 2.29. The van der Waals surface area contributed by atoms with Gasteiger partial charge < -0.3 is 5.11 Å². The van der Waals surface area contributed by atoms with Gasteiger partial charge in [0.2, 0.25) is 0 Å². The molecule has 0 amide bonds. The van der Waals surface area contributed by atoms with E-state index in [0.29, 0.717) is 5.92 Å². The molecule has 1 unspecified atom stereocenters. The maximum Gasteiger partial charge on any atom is 0.0871 e. The number of aryl methyl sites for hydroxylation is 3. The van der Waals surface area contributed by atoms with Crippen LogP contribution in [0.4, 0.5) is 0 Å². The second kappa shape index (κ2) is 7.11. The van der Waals surface area contributed by atoms with E-state index in [1.165, 1.54) is 22.3 Å². The lowest BCUT2D eigenvalue weighted by atomic mass is 9.79. The fraction of sp³-hybridized carbons (Fsp3) is 0.478. The van der Waals surface area contributed by atoms with E-state index in [0.717, 1.165) is 44.1 Å². The molecular weight excluding hydrogens is 292 g/mol. The Labute approximate surface area is 146 Å². The summed E-state index contributed by atoms with van der Waals surface area (Å²) in [7, 11) is 0. The molecule has 0 bridgehead atoms. The van der Waals surface area contributed by atoms with Gasteiger partial charge >= 0.3 is 0 Å². The van der Waals surface area contributed by atoms with Crippen molar-refractivity contribution in [2.75, 3.05) is 0 Å². The van der Waals surface area contributed by atoms with Crippen LogP contribution in [0.25, 0.3) is 0 Å². The van der Waals surface area contributed by atoms with Crippen molar-refractivity contribution in [3.63, 3.8) is 0 Å². The molecule has 24 heavy (non-hydrogen) atoms. The van der Waals surface area contributed by atoms with Crippen LogP contribution in [-0.4, -0.2) is 5.11 Å². The number of fused-ring (bicyclic) bond motifs is 1.